The van der Waals surface area contributed by atoms with Gasteiger partial charge in [-0.05, 0) is 38.0 Å². The van der Waals surface area contributed by atoms with Crippen LogP contribution in [-0.4, -0.2) is 54.6 Å². The molecule has 0 radical (unpaired) electrons. The van der Waals surface area contributed by atoms with Crippen LogP contribution in [0.1, 0.15) is 57.8 Å². The average Bonchev–Trinajstić information content (AvgIpc) is 3.22. The van der Waals surface area contributed by atoms with E-state index in [2.05, 4.69) is 10.6 Å². The molecule has 2 aliphatic carbocycles. The summed E-state index contributed by atoms with van der Waals surface area (Å²) in [6.45, 7) is 0.0685. The Bertz CT molecular complexity index is 518. The molecule has 0 aromatic carbocycles. The molecule has 3 atom stereocenters. The first-order valence-electron chi connectivity index (χ1n) is 9.52. The van der Waals surface area contributed by atoms with Crippen LogP contribution >= 0.6 is 0 Å². The van der Waals surface area contributed by atoms with E-state index >= 15 is 0 Å². The fourth-order valence-corrected chi connectivity index (χ4v) is 4.77. The summed E-state index contributed by atoms with van der Waals surface area (Å²) >= 11 is 0. The standard InChI is InChI=1S/C18H29N3O4/c1-25-17(23)15-10-12-6-2-5-9-14(12)21(15)11-16(22)20-18(24)19-13-7-3-4-8-13/h12-15H,2-11H2,1H3,(H2,19,20,22,24). The second kappa shape index (κ2) is 8.17. The maximum atomic E-state index is 12.3. The van der Waals surface area contributed by atoms with E-state index in [9.17, 15) is 14.4 Å². The van der Waals surface area contributed by atoms with Crippen molar-refractivity contribution < 1.29 is 19.1 Å². The first kappa shape index (κ1) is 18.2. The number of hydrogen-bond acceptors (Lipinski definition) is 5. The Hall–Kier alpha value is -1.63. The van der Waals surface area contributed by atoms with Crippen molar-refractivity contribution in [1.82, 2.24) is 15.5 Å². The van der Waals surface area contributed by atoms with Crippen LogP contribution in [0.5, 0.6) is 0 Å². The predicted molar refractivity (Wildman–Crippen MR) is 91.8 cm³/mol. The summed E-state index contributed by atoms with van der Waals surface area (Å²) in [5.41, 5.74) is 0. The molecular formula is C18H29N3O4. The molecule has 7 nitrogen and oxygen atoms in total. The summed E-state index contributed by atoms with van der Waals surface area (Å²) in [5.74, 6) is -0.189. The molecule has 1 aliphatic heterocycles. The van der Waals surface area contributed by atoms with Crippen molar-refractivity contribution in [1.29, 1.82) is 0 Å². The minimum atomic E-state index is -0.425. The Morgan fingerprint density at radius 2 is 1.72 bits per heavy atom. The van der Waals surface area contributed by atoms with Crippen LogP contribution in [0.25, 0.3) is 0 Å². The maximum Gasteiger partial charge on any atom is 0.323 e. The average molecular weight is 351 g/mol. The SMILES string of the molecule is COC(=O)C1CC2CCCCC2N1CC(=O)NC(=O)NC1CCCC1. The molecule has 7 heteroatoms. The molecule has 1 heterocycles. The van der Waals surface area contributed by atoms with Crippen molar-refractivity contribution in [2.24, 2.45) is 5.92 Å². The number of esters is 1. The number of rotatable bonds is 4. The van der Waals surface area contributed by atoms with Crippen LogP contribution < -0.4 is 10.6 Å². The van der Waals surface area contributed by atoms with Gasteiger partial charge in [0.15, 0.2) is 0 Å². The normalized spacial score (nSPS) is 29.9. The van der Waals surface area contributed by atoms with Crippen LogP contribution in [0.15, 0.2) is 0 Å². The summed E-state index contributed by atoms with van der Waals surface area (Å²) in [5, 5.41) is 5.28. The van der Waals surface area contributed by atoms with Crippen LogP contribution in [-0.2, 0) is 14.3 Å². The predicted octanol–water partition coefficient (Wildman–Crippen LogP) is 1.56. The number of fused-ring (bicyclic) bond motifs is 1. The summed E-state index contributed by atoms with van der Waals surface area (Å²) in [4.78, 5) is 38.4. The molecule has 0 aromatic heterocycles. The Kier molecular flexibility index (Phi) is 5.93. The van der Waals surface area contributed by atoms with E-state index in [-0.39, 0.29) is 36.5 Å². The molecule has 25 heavy (non-hydrogen) atoms. The number of carbonyl (C=O) groups is 3. The Labute approximate surface area is 148 Å². The van der Waals surface area contributed by atoms with E-state index in [1.165, 1.54) is 13.5 Å². The minimum Gasteiger partial charge on any atom is -0.468 e. The van der Waals surface area contributed by atoms with E-state index in [0.29, 0.717) is 5.92 Å². The largest absolute Gasteiger partial charge is 0.468 e. The smallest absolute Gasteiger partial charge is 0.323 e. The van der Waals surface area contributed by atoms with E-state index in [1.807, 2.05) is 4.90 Å². The maximum absolute atomic E-state index is 12.3. The third-order valence-electron chi connectivity index (χ3n) is 5.96. The number of carbonyl (C=O) groups excluding carboxylic acids is 3. The van der Waals surface area contributed by atoms with Crippen molar-refractivity contribution in [3.63, 3.8) is 0 Å². The Balaban J connectivity index is 1.56. The van der Waals surface area contributed by atoms with Crippen LogP contribution in [0, 0.1) is 5.92 Å². The fourth-order valence-electron chi connectivity index (χ4n) is 4.77. The monoisotopic (exact) mass is 351 g/mol. The quantitative estimate of drug-likeness (QED) is 0.751. The first-order chi connectivity index (χ1) is 12.1. The van der Waals surface area contributed by atoms with Crippen molar-refractivity contribution in [2.75, 3.05) is 13.7 Å². The number of amides is 3. The molecule has 2 N–H and O–H groups in total. The first-order valence-corrected chi connectivity index (χ1v) is 9.52. The molecule has 3 amide bonds. The van der Waals surface area contributed by atoms with Gasteiger partial charge in [0, 0.05) is 12.1 Å². The van der Waals surface area contributed by atoms with Gasteiger partial charge in [0.2, 0.25) is 5.91 Å². The number of likely N-dealkylation sites (tertiary alicyclic amines) is 1. The molecule has 3 rings (SSSR count). The van der Waals surface area contributed by atoms with E-state index < -0.39 is 6.03 Å². The van der Waals surface area contributed by atoms with E-state index in [0.717, 1.165) is 51.4 Å². The summed E-state index contributed by atoms with van der Waals surface area (Å²) < 4.78 is 4.93. The third-order valence-corrected chi connectivity index (χ3v) is 5.96. The number of urea groups is 1. The molecule has 1 saturated heterocycles. The molecule has 3 fully saturated rings. The molecule has 140 valence electrons. The van der Waals surface area contributed by atoms with Crippen LogP contribution in [0.2, 0.25) is 0 Å². The lowest BCUT2D eigenvalue weighted by atomic mass is 9.85. The zero-order valence-corrected chi connectivity index (χ0v) is 15.0. The summed E-state index contributed by atoms with van der Waals surface area (Å²) in [7, 11) is 1.39. The second-order valence-corrected chi connectivity index (χ2v) is 7.56. The van der Waals surface area contributed by atoms with Crippen LogP contribution in [0.4, 0.5) is 4.79 Å². The number of nitrogens with one attached hydrogen (secondary N) is 2. The highest BCUT2D eigenvalue weighted by Crippen LogP contribution is 2.39. The lowest BCUT2D eigenvalue weighted by Gasteiger charge is -2.32. The highest BCUT2D eigenvalue weighted by atomic mass is 16.5. The highest BCUT2D eigenvalue weighted by Gasteiger charge is 2.46. The molecule has 2 saturated carbocycles. The Morgan fingerprint density at radius 1 is 1.04 bits per heavy atom. The van der Waals surface area contributed by atoms with Crippen molar-refractivity contribution in [3.05, 3.63) is 0 Å². The summed E-state index contributed by atoms with van der Waals surface area (Å²) in [6, 6.07) is -0.390. The number of imide groups is 1. The van der Waals surface area contributed by atoms with Gasteiger partial charge in [-0.15, -0.1) is 0 Å². The van der Waals surface area contributed by atoms with E-state index in [4.69, 9.17) is 4.74 Å². The molecule has 3 aliphatic rings. The van der Waals surface area contributed by atoms with Gasteiger partial charge < -0.3 is 10.1 Å². The molecule has 0 spiro atoms. The van der Waals surface area contributed by atoms with E-state index in [1.54, 1.807) is 0 Å². The van der Waals surface area contributed by atoms with Crippen LogP contribution in [0.3, 0.4) is 0 Å². The number of methoxy groups -OCH3 is 1. The number of nitrogens with zero attached hydrogens (tertiary/aromatic N) is 1. The topological polar surface area (TPSA) is 87.7 Å². The lowest BCUT2D eigenvalue weighted by Crippen LogP contribution is -2.51. The number of ether oxygens (including phenoxy) is 1. The minimum absolute atomic E-state index is 0.0685. The van der Waals surface area contributed by atoms with Gasteiger partial charge in [0.1, 0.15) is 6.04 Å². The van der Waals surface area contributed by atoms with Gasteiger partial charge in [-0.2, -0.15) is 0 Å². The zero-order valence-electron chi connectivity index (χ0n) is 15.0. The van der Waals surface area contributed by atoms with Gasteiger partial charge in [-0.25, -0.2) is 4.79 Å². The third kappa shape index (κ3) is 4.32. The molecule has 3 unspecified atom stereocenters. The molecule has 0 aromatic rings. The van der Waals surface area contributed by atoms with Crippen molar-refractivity contribution in [3.8, 4) is 0 Å². The highest BCUT2D eigenvalue weighted by molar-refractivity contribution is 5.95. The molecule has 0 bridgehead atoms. The molecular weight excluding hydrogens is 322 g/mol. The van der Waals surface area contributed by atoms with Gasteiger partial charge >= 0.3 is 12.0 Å². The fraction of sp³-hybridized carbons (Fsp3) is 0.833. The lowest BCUT2D eigenvalue weighted by molar-refractivity contribution is -0.146. The van der Waals surface area contributed by atoms with Gasteiger partial charge in [0.25, 0.3) is 0 Å². The summed E-state index contributed by atoms with van der Waals surface area (Å²) in [6.07, 6.45) is 9.34. The second-order valence-electron chi connectivity index (χ2n) is 7.56. The van der Waals surface area contributed by atoms with Crippen molar-refractivity contribution >= 4 is 17.9 Å². The number of hydrogen-bond donors (Lipinski definition) is 2. The van der Waals surface area contributed by atoms with Gasteiger partial charge in [-0.1, -0.05) is 25.7 Å². The Morgan fingerprint density at radius 3 is 2.44 bits per heavy atom. The van der Waals surface area contributed by atoms with Gasteiger partial charge in [-0.3, -0.25) is 19.8 Å². The van der Waals surface area contributed by atoms with Gasteiger partial charge in [0.05, 0.1) is 13.7 Å². The van der Waals surface area contributed by atoms with Crippen molar-refractivity contribution in [2.45, 2.75) is 75.9 Å². The zero-order chi connectivity index (χ0) is 17.8.